The van der Waals surface area contributed by atoms with Gasteiger partial charge in [0.1, 0.15) is 0 Å². The molecule has 7 heteroatoms. The smallest absolute Gasteiger partial charge is 0.316 e. The van der Waals surface area contributed by atoms with Crippen molar-refractivity contribution < 1.29 is 9.21 Å². The number of furan rings is 1. The molecule has 3 rings (SSSR count). The first-order valence-electron chi connectivity index (χ1n) is 7.34. The fourth-order valence-corrected chi connectivity index (χ4v) is 2.74. The Kier molecular flexibility index (Phi) is 4.15. The Hall–Kier alpha value is -2.28. The second-order valence-electron chi connectivity index (χ2n) is 5.80. The summed E-state index contributed by atoms with van der Waals surface area (Å²) >= 11 is 0. The standard InChI is InChI=1S/C15H21N5O2/c1-18(2)15(21)16-7-14-10-19(8-12-4-6-22-11-12)9-13-3-5-17-20(13)14/h3-6,11,14H,7-10H2,1-2H3,(H,16,21). The monoisotopic (exact) mass is 303 g/mol. The SMILES string of the molecule is CN(C)C(=O)NCC1CN(Cc2ccoc2)Cc2ccnn21. The van der Waals surface area contributed by atoms with Gasteiger partial charge in [0.25, 0.3) is 0 Å². The van der Waals surface area contributed by atoms with Crippen LogP contribution in [0.25, 0.3) is 0 Å². The van der Waals surface area contributed by atoms with Crippen molar-refractivity contribution in [3.05, 3.63) is 42.1 Å². The van der Waals surface area contributed by atoms with Gasteiger partial charge in [0.2, 0.25) is 0 Å². The zero-order valence-electron chi connectivity index (χ0n) is 12.9. The Bertz CT molecular complexity index is 620. The molecule has 0 aliphatic carbocycles. The van der Waals surface area contributed by atoms with Crippen molar-refractivity contribution in [3.63, 3.8) is 0 Å². The van der Waals surface area contributed by atoms with Crippen molar-refractivity contribution in [2.45, 2.75) is 19.1 Å². The third-order valence-corrected chi connectivity index (χ3v) is 3.83. The number of nitrogens with zero attached hydrogens (tertiary/aromatic N) is 4. The van der Waals surface area contributed by atoms with Gasteiger partial charge < -0.3 is 14.6 Å². The van der Waals surface area contributed by atoms with Crippen LogP contribution in [-0.2, 0) is 13.1 Å². The number of carbonyl (C=O) groups is 1. The molecule has 1 atom stereocenters. The van der Waals surface area contributed by atoms with Crippen LogP contribution in [0.15, 0.2) is 35.3 Å². The number of fused-ring (bicyclic) bond motifs is 1. The highest BCUT2D eigenvalue weighted by Crippen LogP contribution is 2.21. The van der Waals surface area contributed by atoms with Crippen LogP contribution < -0.4 is 5.32 Å². The quantitative estimate of drug-likeness (QED) is 0.924. The molecule has 1 unspecified atom stereocenters. The van der Waals surface area contributed by atoms with E-state index in [1.165, 1.54) is 10.6 Å². The largest absolute Gasteiger partial charge is 0.472 e. The van der Waals surface area contributed by atoms with Crippen LogP contribution in [0.2, 0.25) is 0 Å². The normalized spacial score (nSPS) is 18.0. The van der Waals surface area contributed by atoms with E-state index < -0.39 is 0 Å². The number of carbonyl (C=O) groups excluding carboxylic acids is 1. The molecule has 0 fully saturated rings. The van der Waals surface area contributed by atoms with Gasteiger partial charge in [-0.2, -0.15) is 5.10 Å². The van der Waals surface area contributed by atoms with Crippen LogP contribution >= 0.6 is 0 Å². The first-order chi connectivity index (χ1) is 10.6. The van der Waals surface area contributed by atoms with Crippen LogP contribution in [0.3, 0.4) is 0 Å². The lowest BCUT2D eigenvalue weighted by Crippen LogP contribution is -2.44. The summed E-state index contributed by atoms with van der Waals surface area (Å²) in [6.45, 7) is 3.09. The summed E-state index contributed by atoms with van der Waals surface area (Å²) in [5.74, 6) is 0. The minimum atomic E-state index is -0.0827. The summed E-state index contributed by atoms with van der Waals surface area (Å²) in [5, 5.41) is 7.34. The van der Waals surface area contributed by atoms with E-state index in [1.54, 1.807) is 26.6 Å². The van der Waals surface area contributed by atoms with Crippen molar-refractivity contribution in [3.8, 4) is 0 Å². The van der Waals surface area contributed by atoms with E-state index in [-0.39, 0.29) is 12.1 Å². The Morgan fingerprint density at radius 2 is 2.36 bits per heavy atom. The molecule has 0 spiro atoms. The molecule has 0 saturated carbocycles. The van der Waals surface area contributed by atoms with Crippen molar-refractivity contribution >= 4 is 6.03 Å². The molecule has 7 nitrogen and oxygen atoms in total. The molecule has 0 bridgehead atoms. The molecule has 22 heavy (non-hydrogen) atoms. The van der Waals surface area contributed by atoms with Gasteiger partial charge >= 0.3 is 6.03 Å². The third-order valence-electron chi connectivity index (χ3n) is 3.83. The summed E-state index contributed by atoms with van der Waals surface area (Å²) in [4.78, 5) is 15.6. The molecule has 2 aromatic heterocycles. The number of amides is 2. The maximum Gasteiger partial charge on any atom is 0.316 e. The Balaban J connectivity index is 1.68. The number of rotatable bonds is 4. The first kappa shape index (κ1) is 14.6. The Labute approximate surface area is 129 Å². The molecule has 2 aromatic rings. The van der Waals surface area contributed by atoms with Gasteiger partial charge in [-0.05, 0) is 12.1 Å². The summed E-state index contributed by atoms with van der Waals surface area (Å²) in [6.07, 6.45) is 5.28. The zero-order valence-corrected chi connectivity index (χ0v) is 12.9. The number of hydrogen-bond donors (Lipinski definition) is 1. The summed E-state index contributed by atoms with van der Waals surface area (Å²) in [6, 6.07) is 4.06. The van der Waals surface area contributed by atoms with Gasteiger partial charge in [-0.1, -0.05) is 0 Å². The molecule has 3 heterocycles. The predicted molar refractivity (Wildman–Crippen MR) is 81.2 cm³/mol. The molecular weight excluding hydrogens is 282 g/mol. The van der Waals surface area contributed by atoms with Crippen LogP contribution in [-0.4, -0.2) is 52.8 Å². The van der Waals surface area contributed by atoms with Crippen molar-refractivity contribution in [1.82, 2.24) is 24.9 Å². The lowest BCUT2D eigenvalue weighted by Gasteiger charge is -2.34. The number of urea groups is 1. The summed E-state index contributed by atoms with van der Waals surface area (Å²) in [7, 11) is 3.47. The fraction of sp³-hybridized carbons (Fsp3) is 0.467. The van der Waals surface area contributed by atoms with Crippen LogP contribution in [0.5, 0.6) is 0 Å². The van der Waals surface area contributed by atoms with E-state index in [2.05, 4.69) is 15.3 Å². The fourth-order valence-electron chi connectivity index (χ4n) is 2.74. The minimum Gasteiger partial charge on any atom is -0.472 e. The average Bonchev–Trinajstić information content (AvgIpc) is 3.15. The number of hydrogen-bond acceptors (Lipinski definition) is 4. The highest BCUT2D eigenvalue weighted by atomic mass is 16.3. The van der Waals surface area contributed by atoms with E-state index in [0.717, 1.165) is 25.2 Å². The van der Waals surface area contributed by atoms with Crippen LogP contribution in [0, 0.1) is 0 Å². The lowest BCUT2D eigenvalue weighted by molar-refractivity contribution is 0.162. The van der Waals surface area contributed by atoms with Crippen LogP contribution in [0.1, 0.15) is 17.3 Å². The topological polar surface area (TPSA) is 66.5 Å². The Morgan fingerprint density at radius 3 is 3.09 bits per heavy atom. The van der Waals surface area contributed by atoms with E-state index in [9.17, 15) is 4.79 Å². The van der Waals surface area contributed by atoms with Crippen molar-refractivity contribution in [2.24, 2.45) is 0 Å². The molecule has 1 aliphatic rings. The summed E-state index contributed by atoms with van der Waals surface area (Å²) in [5.41, 5.74) is 2.32. The Morgan fingerprint density at radius 1 is 1.50 bits per heavy atom. The van der Waals surface area contributed by atoms with Gasteiger partial charge in [0, 0.05) is 52.0 Å². The molecule has 2 amide bonds. The van der Waals surface area contributed by atoms with E-state index in [0.29, 0.717) is 6.54 Å². The summed E-state index contributed by atoms with van der Waals surface area (Å²) < 4.78 is 7.15. The molecule has 0 aromatic carbocycles. The highest BCUT2D eigenvalue weighted by Gasteiger charge is 2.26. The number of nitrogens with one attached hydrogen (secondary N) is 1. The molecule has 0 saturated heterocycles. The second kappa shape index (κ2) is 6.23. The van der Waals surface area contributed by atoms with Crippen LogP contribution in [0.4, 0.5) is 4.79 Å². The minimum absolute atomic E-state index is 0.0827. The van der Waals surface area contributed by atoms with E-state index in [4.69, 9.17) is 4.42 Å². The lowest BCUT2D eigenvalue weighted by atomic mass is 10.1. The van der Waals surface area contributed by atoms with E-state index in [1.807, 2.05) is 23.0 Å². The average molecular weight is 303 g/mol. The van der Waals surface area contributed by atoms with Gasteiger partial charge in [-0.15, -0.1) is 0 Å². The first-order valence-corrected chi connectivity index (χ1v) is 7.34. The van der Waals surface area contributed by atoms with Gasteiger partial charge in [-0.25, -0.2) is 4.79 Å². The highest BCUT2D eigenvalue weighted by molar-refractivity contribution is 5.73. The van der Waals surface area contributed by atoms with Gasteiger partial charge in [0.15, 0.2) is 0 Å². The maximum atomic E-state index is 11.7. The van der Waals surface area contributed by atoms with Gasteiger partial charge in [-0.3, -0.25) is 9.58 Å². The van der Waals surface area contributed by atoms with Crippen molar-refractivity contribution in [1.29, 1.82) is 0 Å². The molecule has 1 N–H and O–H groups in total. The van der Waals surface area contributed by atoms with E-state index >= 15 is 0 Å². The molecule has 1 aliphatic heterocycles. The molecule has 0 radical (unpaired) electrons. The third kappa shape index (κ3) is 3.14. The maximum absolute atomic E-state index is 11.7. The second-order valence-corrected chi connectivity index (χ2v) is 5.80. The van der Waals surface area contributed by atoms with Crippen molar-refractivity contribution in [2.75, 3.05) is 27.2 Å². The molecule has 118 valence electrons. The number of aromatic nitrogens is 2. The zero-order chi connectivity index (χ0) is 15.5. The molecular formula is C15H21N5O2. The predicted octanol–water partition coefficient (Wildman–Crippen LogP) is 1.30. The van der Waals surface area contributed by atoms with Gasteiger partial charge in [0.05, 0.1) is 24.3 Å².